The lowest BCUT2D eigenvalue weighted by Crippen LogP contribution is -2.26. The molecule has 0 fully saturated rings. The van der Waals surface area contributed by atoms with Crippen LogP contribution in [-0.2, 0) is 9.53 Å². The molecule has 0 saturated carbocycles. The van der Waals surface area contributed by atoms with E-state index in [1.54, 1.807) is 13.0 Å². The number of ether oxygens (including phenoxy) is 1. The molecule has 0 aliphatic carbocycles. The van der Waals surface area contributed by atoms with Crippen molar-refractivity contribution in [3.05, 3.63) is 50.9 Å². The third-order valence-corrected chi connectivity index (χ3v) is 3.15. The Bertz CT molecular complexity index is 766. The van der Waals surface area contributed by atoms with E-state index in [9.17, 15) is 19.7 Å². The van der Waals surface area contributed by atoms with Gasteiger partial charge in [-0.05, 0) is 19.1 Å². The number of carbonyl (C=O) groups is 1. The van der Waals surface area contributed by atoms with E-state index in [1.807, 2.05) is 0 Å². The third kappa shape index (κ3) is 2.91. The normalized spacial score (nSPS) is 12.1. The van der Waals surface area contributed by atoms with Crippen LogP contribution in [0, 0.1) is 10.1 Å². The van der Waals surface area contributed by atoms with Crippen molar-refractivity contribution in [3.63, 3.8) is 0 Å². The van der Waals surface area contributed by atoms with Crippen molar-refractivity contribution in [3.8, 4) is 0 Å². The maximum Gasteiger partial charge on any atom is 0.302 e. The molecule has 1 aromatic heterocycles. The van der Waals surface area contributed by atoms with Crippen molar-refractivity contribution in [2.45, 2.75) is 19.9 Å². The number of non-ortho nitro benzene ring substituents is 1. The van der Waals surface area contributed by atoms with Crippen LogP contribution in [-0.4, -0.2) is 22.1 Å². The van der Waals surface area contributed by atoms with Gasteiger partial charge in [0.2, 0.25) is 0 Å². The minimum atomic E-state index is -0.519. The second-order valence-corrected chi connectivity index (χ2v) is 4.68. The molecule has 0 radical (unpaired) electrons. The maximum absolute atomic E-state index is 12.4. The van der Waals surface area contributed by atoms with E-state index in [1.165, 1.54) is 35.9 Å². The number of nitrogens with zero attached hydrogens (tertiary/aromatic N) is 2. The highest BCUT2D eigenvalue weighted by Gasteiger charge is 2.16. The molecule has 1 aromatic carbocycles. The van der Waals surface area contributed by atoms with E-state index in [0.717, 1.165) is 0 Å². The number of rotatable bonds is 4. The molecule has 0 amide bonds. The Balaban J connectivity index is 2.50. The summed E-state index contributed by atoms with van der Waals surface area (Å²) < 4.78 is 6.28. The highest BCUT2D eigenvalue weighted by Crippen LogP contribution is 2.23. The Hall–Kier alpha value is -2.70. The fourth-order valence-electron chi connectivity index (χ4n) is 2.10. The lowest BCUT2D eigenvalue weighted by atomic mass is 10.1. The van der Waals surface area contributed by atoms with Gasteiger partial charge in [-0.15, -0.1) is 0 Å². The molecule has 1 atom stereocenters. The summed E-state index contributed by atoms with van der Waals surface area (Å²) in [5.41, 5.74) is -0.458. The molecule has 7 nitrogen and oxygen atoms in total. The molecular formula is C14H14N2O5. The first-order chi connectivity index (χ1) is 9.91. The Kier molecular flexibility index (Phi) is 4.02. The zero-order valence-electron chi connectivity index (χ0n) is 11.6. The van der Waals surface area contributed by atoms with E-state index in [2.05, 4.69) is 0 Å². The predicted octanol–water partition coefficient (Wildman–Crippen LogP) is 2.03. The SMILES string of the molecule is CC(=O)OCC(C)n1ccc2c([N+](=O)[O-])cccc2c1=O. The highest BCUT2D eigenvalue weighted by molar-refractivity contribution is 5.89. The average molecular weight is 290 g/mol. The van der Waals surface area contributed by atoms with Crippen molar-refractivity contribution in [2.75, 3.05) is 6.61 Å². The van der Waals surface area contributed by atoms with Crippen LogP contribution >= 0.6 is 0 Å². The van der Waals surface area contributed by atoms with Gasteiger partial charge in [-0.25, -0.2) is 0 Å². The molecule has 1 unspecified atom stereocenters. The number of hydrogen-bond acceptors (Lipinski definition) is 5. The number of nitro benzene ring substituents is 1. The number of benzene rings is 1. The summed E-state index contributed by atoms with van der Waals surface area (Å²) in [5, 5.41) is 11.5. The Morgan fingerprint density at radius 1 is 1.38 bits per heavy atom. The van der Waals surface area contributed by atoms with Crippen LogP contribution in [0.2, 0.25) is 0 Å². The third-order valence-electron chi connectivity index (χ3n) is 3.15. The lowest BCUT2D eigenvalue weighted by molar-refractivity contribution is -0.383. The number of esters is 1. The van der Waals surface area contributed by atoms with E-state index in [4.69, 9.17) is 4.74 Å². The fourth-order valence-corrected chi connectivity index (χ4v) is 2.10. The van der Waals surface area contributed by atoms with Crippen LogP contribution in [0.4, 0.5) is 5.69 Å². The largest absolute Gasteiger partial charge is 0.464 e. The summed E-state index contributed by atoms with van der Waals surface area (Å²) in [7, 11) is 0. The van der Waals surface area contributed by atoms with Gasteiger partial charge in [0.1, 0.15) is 6.61 Å². The monoisotopic (exact) mass is 290 g/mol. The Morgan fingerprint density at radius 3 is 2.71 bits per heavy atom. The summed E-state index contributed by atoms with van der Waals surface area (Å²) in [5.74, 6) is -0.425. The molecular weight excluding hydrogens is 276 g/mol. The van der Waals surface area contributed by atoms with Crippen LogP contribution in [0.1, 0.15) is 19.9 Å². The second-order valence-electron chi connectivity index (χ2n) is 4.68. The van der Waals surface area contributed by atoms with E-state index in [0.29, 0.717) is 5.39 Å². The van der Waals surface area contributed by atoms with Crippen LogP contribution in [0.3, 0.4) is 0 Å². The van der Waals surface area contributed by atoms with Gasteiger partial charge in [0.25, 0.3) is 11.2 Å². The molecule has 0 spiro atoms. The molecule has 21 heavy (non-hydrogen) atoms. The zero-order valence-corrected chi connectivity index (χ0v) is 11.6. The van der Waals surface area contributed by atoms with Gasteiger partial charge >= 0.3 is 5.97 Å². The van der Waals surface area contributed by atoms with Crippen molar-refractivity contribution >= 4 is 22.4 Å². The van der Waals surface area contributed by atoms with Crippen LogP contribution in [0.15, 0.2) is 35.3 Å². The van der Waals surface area contributed by atoms with Crippen molar-refractivity contribution in [2.24, 2.45) is 0 Å². The predicted molar refractivity (Wildman–Crippen MR) is 76.2 cm³/mol. The van der Waals surface area contributed by atoms with Crippen molar-refractivity contribution < 1.29 is 14.5 Å². The Labute approximate surface area is 119 Å². The first kappa shape index (κ1) is 14.7. The van der Waals surface area contributed by atoms with Gasteiger partial charge in [-0.2, -0.15) is 0 Å². The molecule has 7 heteroatoms. The summed E-state index contributed by atoms with van der Waals surface area (Å²) >= 11 is 0. The number of carbonyl (C=O) groups excluding carboxylic acids is 1. The average Bonchev–Trinajstić information content (AvgIpc) is 2.44. The number of aromatic nitrogens is 1. The molecule has 2 rings (SSSR count). The topological polar surface area (TPSA) is 91.4 Å². The molecule has 0 aliphatic heterocycles. The zero-order chi connectivity index (χ0) is 15.6. The summed E-state index contributed by atoms with van der Waals surface area (Å²) in [6.07, 6.45) is 1.48. The second kappa shape index (κ2) is 5.74. The van der Waals surface area contributed by atoms with E-state index < -0.39 is 10.9 Å². The molecule has 1 heterocycles. The maximum atomic E-state index is 12.4. The molecule has 0 bridgehead atoms. The first-order valence-corrected chi connectivity index (χ1v) is 6.33. The van der Waals surface area contributed by atoms with Gasteiger partial charge < -0.3 is 9.30 Å². The summed E-state index contributed by atoms with van der Waals surface area (Å²) in [6.45, 7) is 3.09. The Morgan fingerprint density at radius 2 is 2.10 bits per heavy atom. The molecule has 0 N–H and O–H groups in total. The number of pyridine rings is 1. The van der Waals surface area contributed by atoms with Gasteiger partial charge in [-0.1, -0.05) is 6.07 Å². The fraction of sp³-hybridized carbons (Fsp3) is 0.286. The summed E-state index contributed by atoms with van der Waals surface area (Å²) in [6, 6.07) is 5.54. The molecule has 110 valence electrons. The minimum Gasteiger partial charge on any atom is -0.464 e. The smallest absolute Gasteiger partial charge is 0.302 e. The van der Waals surface area contributed by atoms with E-state index >= 15 is 0 Å². The quantitative estimate of drug-likeness (QED) is 0.488. The van der Waals surface area contributed by atoms with Crippen molar-refractivity contribution in [1.29, 1.82) is 0 Å². The van der Waals surface area contributed by atoms with Gasteiger partial charge in [0.05, 0.1) is 21.7 Å². The number of hydrogen-bond donors (Lipinski definition) is 0. The number of nitro groups is 1. The van der Waals surface area contributed by atoms with Crippen LogP contribution < -0.4 is 5.56 Å². The lowest BCUT2D eigenvalue weighted by Gasteiger charge is -2.15. The van der Waals surface area contributed by atoms with Crippen molar-refractivity contribution in [1.82, 2.24) is 4.57 Å². The van der Waals surface area contributed by atoms with Gasteiger partial charge in [0, 0.05) is 19.2 Å². The molecule has 0 aliphatic rings. The minimum absolute atomic E-state index is 0.0652. The van der Waals surface area contributed by atoms with Crippen LogP contribution in [0.5, 0.6) is 0 Å². The standard InChI is InChI=1S/C14H14N2O5/c1-9(8-21-10(2)17)15-7-6-11-12(14(15)18)4-3-5-13(11)16(19)20/h3-7,9H,8H2,1-2H3. The highest BCUT2D eigenvalue weighted by atomic mass is 16.6. The number of fused-ring (bicyclic) bond motifs is 1. The van der Waals surface area contributed by atoms with Gasteiger partial charge in [0.15, 0.2) is 0 Å². The summed E-state index contributed by atoms with van der Waals surface area (Å²) in [4.78, 5) is 33.6. The first-order valence-electron chi connectivity index (χ1n) is 6.33. The van der Waals surface area contributed by atoms with E-state index in [-0.39, 0.29) is 29.3 Å². The van der Waals surface area contributed by atoms with Crippen LogP contribution in [0.25, 0.3) is 10.8 Å². The molecule has 2 aromatic rings. The van der Waals surface area contributed by atoms with Gasteiger partial charge in [-0.3, -0.25) is 19.7 Å². The molecule has 0 saturated heterocycles.